The molecule has 0 aromatic carbocycles. The van der Waals surface area contributed by atoms with E-state index in [-0.39, 0.29) is 5.88 Å². The van der Waals surface area contributed by atoms with E-state index < -0.39 is 12.8 Å². The Morgan fingerprint density at radius 3 is 2.85 bits per heavy atom. The maximum atomic E-state index is 12.5. The third-order valence-corrected chi connectivity index (χ3v) is 4.65. The quantitative estimate of drug-likeness (QED) is 0.797. The molecule has 27 heavy (non-hydrogen) atoms. The number of hydrogen-bond acceptors (Lipinski definition) is 5. The van der Waals surface area contributed by atoms with Crippen LogP contribution in [0.2, 0.25) is 0 Å². The summed E-state index contributed by atoms with van der Waals surface area (Å²) in [6, 6.07) is 5.73. The van der Waals surface area contributed by atoms with E-state index in [4.69, 9.17) is 4.74 Å². The summed E-state index contributed by atoms with van der Waals surface area (Å²) in [7, 11) is 1.60. The molecule has 1 unspecified atom stereocenters. The molecular formula is C18H24F3N5O. The lowest BCUT2D eigenvalue weighted by molar-refractivity contribution is -0.154. The largest absolute Gasteiger partial charge is 0.468 e. The van der Waals surface area contributed by atoms with Crippen molar-refractivity contribution in [2.75, 3.05) is 31.6 Å². The number of ether oxygens (including phenoxy) is 1. The van der Waals surface area contributed by atoms with E-state index in [1.165, 1.54) is 4.68 Å². The van der Waals surface area contributed by atoms with Crippen LogP contribution in [-0.4, -0.2) is 52.1 Å². The predicted octanol–water partition coefficient (Wildman–Crippen LogP) is 3.00. The first-order valence-corrected chi connectivity index (χ1v) is 8.91. The summed E-state index contributed by atoms with van der Waals surface area (Å²) in [6.45, 7) is 3.60. The van der Waals surface area contributed by atoms with Crippen LogP contribution in [0.1, 0.15) is 17.7 Å². The maximum Gasteiger partial charge on any atom is 0.422 e. The van der Waals surface area contributed by atoms with Crippen molar-refractivity contribution >= 4 is 5.82 Å². The molecule has 0 aliphatic carbocycles. The van der Waals surface area contributed by atoms with Crippen LogP contribution in [0.3, 0.4) is 0 Å². The van der Waals surface area contributed by atoms with Crippen molar-refractivity contribution in [3.05, 3.63) is 35.7 Å². The fraction of sp³-hybridized carbons (Fsp3) is 0.556. The third-order valence-electron chi connectivity index (χ3n) is 4.65. The molecule has 0 spiro atoms. The van der Waals surface area contributed by atoms with Gasteiger partial charge in [-0.1, -0.05) is 6.07 Å². The Balaban J connectivity index is 1.56. The molecule has 0 amide bonds. The lowest BCUT2D eigenvalue weighted by Crippen LogP contribution is -2.24. The summed E-state index contributed by atoms with van der Waals surface area (Å²) >= 11 is 0. The van der Waals surface area contributed by atoms with Crippen molar-refractivity contribution < 1.29 is 17.9 Å². The molecule has 2 aromatic rings. The number of halogens is 3. The molecule has 0 bridgehead atoms. The number of anilines is 1. The average Bonchev–Trinajstić information content (AvgIpc) is 3.16. The number of aryl methyl sites for hydroxylation is 2. The van der Waals surface area contributed by atoms with E-state index in [1.54, 1.807) is 20.2 Å². The Morgan fingerprint density at radius 2 is 2.15 bits per heavy atom. The Kier molecular flexibility index (Phi) is 5.88. The predicted molar refractivity (Wildman–Crippen MR) is 95.6 cm³/mol. The molecule has 3 heterocycles. The zero-order valence-corrected chi connectivity index (χ0v) is 15.5. The van der Waals surface area contributed by atoms with Gasteiger partial charge in [0.1, 0.15) is 5.82 Å². The highest BCUT2D eigenvalue weighted by Gasteiger charge is 2.31. The molecule has 1 saturated heterocycles. The van der Waals surface area contributed by atoms with Gasteiger partial charge in [-0.15, -0.1) is 0 Å². The topological polar surface area (TPSA) is 55.2 Å². The van der Waals surface area contributed by atoms with Gasteiger partial charge in [-0.25, -0.2) is 9.67 Å². The minimum atomic E-state index is -4.37. The van der Waals surface area contributed by atoms with Gasteiger partial charge >= 0.3 is 6.18 Å². The smallest absolute Gasteiger partial charge is 0.422 e. The van der Waals surface area contributed by atoms with E-state index in [0.29, 0.717) is 18.2 Å². The molecular weight excluding hydrogens is 359 g/mol. The number of pyridine rings is 1. The van der Waals surface area contributed by atoms with Crippen LogP contribution in [0.15, 0.2) is 24.4 Å². The first kappa shape index (κ1) is 19.5. The van der Waals surface area contributed by atoms with Gasteiger partial charge in [0.05, 0.1) is 11.3 Å². The van der Waals surface area contributed by atoms with Crippen LogP contribution >= 0.6 is 0 Å². The van der Waals surface area contributed by atoms with Crippen molar-refractivity contribution in [3.8, 4) is 5.88 Å². The molecule has 3 rings (SSSR count). The summed E-state index contributed by atoms with van der Waals surface area (Å²) in [4.78, 5) is 6.48. The maximum absolute atomic E-state index is 12.5. The van der Waals surface area contributed by atoms with E-state index in [1.807, 2.05) is 18.2 Å². The van der Waals surface area contributed by atoms with E-state index in [2.05, 4.69) is 20.3 Å². The number of aromatic nitrogens is 3. The van der Waals surface area contributed by atoms with Crippen LogP contribution in [0.25, 0.3) is 0 Å². The second-order valence-electron chi connectivity index (χ2n) is 6.88. The second-order valence-corrected chi connectivity index (χ2v) is 6.88. The minimum absolute atomic E-state index is 0.194. The minimum Gasteiger partial charge on any atom is -0.468 e. The van der Waals surface area contributed by atoms with Crippen LogP contribution in [0, 0.1) is 12.8 Å². The summed E-state index contributed by atoms with van der Waals surface area (Å²) in [5, 5.41) is 7.56. The Labute approximate surface area is 156 Å². The average molecular weight is 383 g/mol. The normalized spacial score (nSPS) is 18.0. The Morgan fingerprint density at radius 1 is 1.33 bits per heavy atom. The highest BCUT2D eigenvalue weighted by atomic mass is 19.4. The number of nitrogens with zero attached hydrogens (tertiary/aromatic N) is 4. The molecule has 9 heteroatoms. The van der Waals surface area contributed by atoms with Crippen LogP contribution in [0.4, 0.5) is 19.0 Å². The number of alkyl halides is 3. The van der Waals surface area contributed by atoms with Gasteiger partial charge in [0, 0.05) is 32.9 Å². The van der Waals surface area contributed by atoms with E-state index >= 15 is 0 Å². The van der Waals surface area contributed by atoms with Crippen molar-refractivity contribution in [2.45, 2.75) is 26.1 Å². The van der Waals surface area contributed by atoms with Crippen LogP contribution < -0.4 is 10.1 Å². The van der Waals surface area contributed by atoms with Gasteiger partial charge < -0.3 is 10.1 Å². The molecule has 6 nitrogen and oxygen atoms in total. The third kappa shape index (κ3) is 5.35. The lowest BCUT2D eigenvalue weighted by atomic mass is 10.1. The Bertz CT molecular complexity index is 747. The van der Waals surface area contributed by atoms with Gasteiger partial charge in [-0.2, -0.15) is 18.3 Å². The second kappa shape index (κ2) is 8.16. The first-order valence-electron chi connectivity index (χ1n) is 8.91. The van der Waals surface area contributed by atoms with Crippen LogP contribution in [-0.2, 0) is 13.6 Å². The van der Waals surface area contributed by atoms with Gasteiger partial charge in [-0.3, -0.25) is 4.90 Å². The Hall–Kier alpha value is -2.29. The molecule has 2 aromatic heterocycles. The monoisotopic (exact) mass is 383 g/mol. The SMILES string of the molecule is Cc1nn(C)c(OCC(F)(F)F)c1CN1CCC(CNc2ccccn2)C1. The zero-order valence-electron chi connectivity index (χ0n) is 15.5. The molecule has 1 atom stereocenters. The van der Waals surface area contributed by atoms with Gasteiger partial charge in [0.15, 0.2) is 6.61 Å². The molecule has 0 saturated carbocycles. The van der Waals surface area contributed by atoms with Gasteiger partial charge in [0.25, 0.3) is 0 Å². The number of hydrogen-bond donors (Lipinski definition) is 1. The summed E-state index contributed by atoms with van der Waals surface area (Å²) in [5.41, 5.74) is 1.42. The van der Waals surface area contributed by atoms with E-state index in [0.717, 1.165) is 37.4 Å². The fourth-order valence-corrected chi connectivity index (χ4v) is 3.36. The molecule has 1 aliphatic heterocycles. The number of likely N-dealkylation sites (tertiary alicyclic amines) is 1. The van der Waals surface area contributed by atoms with E-state index in [9.17, 15) is 13.2 Å². The molecule has 1 N–H and O–H groups in total. The molecule has 1 aliphatic rings. The van der Waals surface area contributed by atoms with Crippen molar-refractivity contribution in [3.63, 3.8) is 0 Å². The summed E-state index contributed by atoms with van der Waals surface area (Å²) in [5.74, 6) is 1.50. The molecule has 148 valence electrons. The highest BCUT2D eigenvalue weighted by Crippen LogP contribution is 2.28. The van der Waals surface area contributed by atoms with Crippen LogP contribution in [0.5, 0.6) is 5.88 Å². The van der Waals surface area contributed by atoms with Gasteiger partial charge in [0.2, 0.25) is 5.88 Å². The van der Waals surface area contributed by atoms with Crippen molar-refractivity contribution in [1.29, 1.82) is 0 Å². The highest BCUT2D eigenvalue weighted by molar-refractivity contribution is 5.33. The first-order chi connectivity index (χ1) is 12.8. The lowest BCUT2D eigenvalue weighted by Gasteiger charge is -2.18. The summed E-state index contributed by atoms with van der Waals surface area (Å²) in [6.07, 6.45) is -1.60. The summed E-state index contributed by atoms with van der Waals surface area (Å²) < 4.78 is 44.0. The van der Waals surface area contributed by atoms with Crippen molar-refractivity contribution in [2.24, 2.45) is 13.0 Å². The zero-order chi connectivity index (χ0) is 19.4. The number of nitrogens with one attached hydrogen (secondary N) is 1. The van der Waals surface area contributed by atoms with Crippen molar-refractivity contribution in [1.82, 2.24) is 19.7 Å². The number of rotatable bonds is 7. The van der Waals surface area contributed by atoms with Gasteiger partial charge in [-0.05, 0) is 37.9 Å². The molecule has 0 radical (unpaired) electrons. The standard InChI is InChI=1S/C18H24F3N5O/c1-13-15(17(25(2)24-13)27-12-18(19,20)21)11-26-8-6-14(10-26)9-23-16-5-3-4-7-22-16/h3-5,7,14H,6,8-12H2,1-2H3,(H,22,23). The fourth-order valence-electron chi connectivity index (χ4n) is 3.36. The molecule has 1 fully saturated rings.